The minimum Gasteiger partial charge on any atom is -0.462 e. The molecule has 56 heavy (non-hydrogen) atoms. The fourth-order valence-electron chi connectivity index (χ4n) is 6.76. The van der Waals surface area contributed by atoms with Gasteiger partial charge in [-0.1, -0.05) is 105 Å². The van der Waals surface area contributed by atoms with Crippen molar-refractivity contribution in [2.45, 2.75) is 64.0 Å². The molecule has 10 heteroatoms. The lowest BCUT2D eigenvalue weighted by Crippen LogP contribution is -2.30. The summed E-state index contributed by atoms with van der Waals surface area (Å²) in [5, 5.41) is 8.70. The Kier molecular flexibility index (Phi) is 12.9. The van der Waals surface area contributed by atoms with Crippen molar-refractivity contribution in [3.63, 3.8) is 0 Å². The van der Waals surface area contributed by atoms with Gasteiger partial charge in [0.05, 0.1) is 12.2 Å². The predicted molar refractivity (Wildman–Crippen MR) is 227 cm³/mol. The largest absolute Gasteiger partial charge is 0.462 e. The van der Waals surface area contributed by atoms with Gasteiger partial charge in [-0.25, -0.2) is 4.79 Å². The molecule has 1 aliphatic rings. The molecular weight excluding hydrogens is 739 g/mol. The second-order valence-corrected chi connectivity index (χ2v) is 17.2. The van der Waals surface area contributed by atoms with E-state index in [0.717, 1.165) is 51.3 Å². The molecule has 0 saturated heterocycles. The molecule has 5 aromatic rings. The van der Waals surface area contributed by atoms with E-state index >= 15 is 0 Å². The molecule has 6 rings (SSSR count). The number of rotatable bonds is 12. The van der Waals surface area contributed by atoms with Gasteiger partial charge in [0.1, 0.15) is 15.9 Å². The zero-order valence-corrected chi connectivity index (χ0v) is 33.9. The van der Waals surface area contributed by atoms with E-state index in [4.69, 9.17) is 4.74 Å². The van der Waals surface area contributed by atoms with Gasteiger partial charge in [-0.2, -0.15) is 0 Å². The Hall–Kier alpha value is -5.45. The van der Waals surface area contributed by atoms with Crippen molar-refractivity contribution >= 4 is 63.6 Å². The van der Waals surface area contributed by atoms with Crippen LogP contribution >= 0.6 is 23.1 Å². The highest BCUT2D eigenvalue weighted by atomic mass is 32.2. The first-order chi connectivity index (χ1) is 26.9. The van der Waals surface area contributed by atoms with Gasteiger partial charge in [0.15, 0.2) is 0 Å². The summed E-state index contributed by atoms with van der Waals surface area (Å²) in [7, 11) is 0. The summed E-state index contributed by atoms with van der Waals surface area (Å²) in [5.74, 6) is -1.15. The highest BCUT2D eigenvalue weighted by Crippen LogP contribution is 2.45. The Morgan fingerprint density at radius 3 is 2.30 bits per heavy atom. The van der Waals surface area contributed by atoms with Gasteiger partial charge in [-0.3, -0.25) is 14.4 Å². The third-order valence-electron chi connectivity index (χ3n) is 9.77. The fourth-order valence-corrected chi connectivity index (χ4v) is 9.16. The lowest BCUT2D eigenvalue weighted by atomic mass is 9.72. The molecule has 4 aromatic carbocycles. The Bertz CT molecular complexity index is 2240. The number of thiophene rings is 1. The lowest BCUT2D eigenvalue weighted by molar-refractivity contribution is -0.116. The molecule has 0 aliphatic heterocycles. The van der Waals surface area contributed by atoms with Crippen LogP contribution in [0.2, 0.25) is 0 Å². The van der Waals surface area contributed by atoms with Crippen molar-refractivity contribution in [1.29, 1.82) is 0 Å². The highest BCUT2D eigenvalue weighted by Gasteiger charge is 2.35. The maximum absolute atomic E-state index is 14.4. The van der Waals surface area contributed by atoms with E-state index < -0.39 is 23.0 Å². The standard InChI is InChI=1S/C46H47N3O5S2/c1-6-54-45(53)39-36-24-23-33(46(3,4)5)27-38(36)56-44(39)49-43(52)40(31-17-9-7-10-18-31)55-35-22-14-21-34(28-35)47-42(51)37(26-30-16-13-15-29(2)25-30)48-41(50)32-19-11-8-12-20-32/h7-22,25-26,28,33,40H,6,23-24,27H2,1-5H3,(H,47,51)(H,48,50)(H,49,52)/b37-26+. The van der Waals surface area contributed by atoms with Crippen molar-refractivity contribution in [3.8, 4) is 0 Å². The minimum atomic E-state index is -0.694. The Morgan fingerprint density at radius 2 is 1.61 bits per heavy atom. The summed E-state index contributed by atoms with van der Waals surface area (Å²) < 4.78 is 5.50. The molecule has 288 valence electrons. The van der Waals surface area contributed by atoms with Crippen LogP contribution in [0.15, 0.2) is 120 Å². The molecule has 8 nitrogen and oxygen atoms in total. The average molecular weight is 786 g/mol. The second-order valence-electron chi connectivity index (χ2n) is 14.9. The molecule has 0 saturated carbocycles. The van der Waals surface area contributed by atoms with Gasteiger partial charge in [0.25, 0.3) is 11.8 Å². The Balaban J connectivity index is 1.26. The first kappa shape index (κ1) is 40.2. The van der Waals surface area contributed by atoms with Gasteiger partial charge in [-0.15, -0.1) is 23.1 Å². The van der Waals surface area contributed by atoms with Gasteiger partial charge in [-0.05, 0) is 97.5 Å². The fraction of sp³-hybridized carbons (Fsp3) is 0.261. The normalized spacial score (nSPS) is 14.6. The number of esters is 1. The number of fused-ring (bicyclic) bond motifs is 1. The lowest BCUT2D eigenvalue weighted by Gasteiger charge is -2.33. The maximum Gasteiger partial charge on any atom is 0.341 e. The van der Waals surface area contributed by atoms with E-state index in [1.165, 1.54) is 23.1 Å². The quantitative estimate of drug-likeness (QED) is 0.0659. The number of benzene rings is 4. The molecular formula is C46H47N3O5S2. The summed E-state index contributed by atoms with van der Waals surface area (Å²) in [6.45, 7) is 10.7. The first-order valence-corrected chi connectivity index (χ1v) is 20.5. The van der Waals surface area contributed by atoms with E-state index in [9.17, 15) is 19.2 Å². The summed E-state index contributed by atoms with van der Waals surface area (Å²) in [5.41, 5.74) is 5.10. The zero-order valence-electron chi connectivity index (χ0n) is 32.3. The third kappa shape index (κ3) is 10.0. The number of anilines is 2. The molecule has 0 radical (unpaired) electrons. The van der Waals surface area contributed by atoms with Crippen molar-refractivity contribution in [3.05, 3.63) is 153 Å². The minimum absolute atomic E-state index is 0.0777. The number of carbonyl (C=O) groups excluding carboxylic acids is 4. The number of hydrogen-bond acceptors (Lipinski definition) is 7. The molecule has 1 aliphatic carbocycles. The number of hydrogen-bond donors (Lipinski definition) is 3. The van der Waals surface area contributed by atoms with Crippen molar-refractivity contribution < 1.29 is 23.9 Å². The second kappa shape index (κ2) is 18.0. The summed E-state index contributed by atoms with van der Waals surface area (Å²) in [6.07, 6.45) is 4.21. The molecule has 2 atom stereocenters. The number of aryl methyl sites for hydroxylation is 1. The highest BCUT2D eigenvalue weighted by molar-refractivity contribution is 8.00. The summed E-state index contributed by atoms with van der Waals surface area (Å²) in [6, 6.07) is 33.1. The Labute approximate surface area is 337 Å². The third-order valence-corrected chi connectivity index (χ3v) is 12.2. The van der Waals surface area contributed by atoms with Gasteiger partial charge in [0, 0.05) is 21.0 Å². The van der Waals surface area contributed by atoms with Crippen molar-refractivity contribution in [2.75, 3.05) is 17.2 Å². The number of amides is 3. The number of carbonyl (C=O) groups is 4. The average Bonchev–Trinajstić information content (AvgIpc) is 3.54. The van der Waals surface area contributed by atoms with Gasteiger partial charge < -0.3 is 20.7 Å². The monoisotopic (exact) mass is 785 g/mol. The van der Waals surface area contributed by atoms with E-state index in [-0.39, 0.29) is 23.6 Å². The van der Waals surface area contributed by atoms with Crippen molar-refractivity contribution in [1.82, 2.24) is 5.32 Å². The van der Waals surface area contributed by atoms with Gasteiger partial charge in [0.2, 0.25) is 5.91 Å². The van der Waals surface area contributed by atoms with Crippen LogP contribution in [-0.2, 0) is 27.2 Å². The van der Waals surface area contributed by atoms with Crippen LogP contribution in [0.1, 0.15) is 87.2 Å². The number of nitrogens with one attached hydrogen (secondary N) is 3. The summed E-state index contributed by atoms with van der Waals surface area (Å²) in [4.78, 5) is 56.6. The maximum atomic E-state index is 14.4. The van der Waals surface area contributed by atoms with Crippen LogP contribution < -0.4 is 16.0 Å². The van der Waals surface area contributed by atoms with Gasteiger partial charge >= 0.3 is 5.97 Å². The topological polar surface area (TPSA) is 114 Å². The van der Waals surface area contributed by atoms with E-state index in [0.29, 0.717) is 27.7 Å². The molecule has 2 unspecified atom stereocenters. The molecule has 1 aromatic heterocycles. The molecule has 0 spiro atoms. The van der Waals surface area contributed by atoms with E-state index in [1.807, 2.05) is 79.7 Å². The molecule has 0 fully saturated rings. The van der Waals surface area contributed by atoms with Crippen LogP contribution in [0.3, 0.4) is 0 Å². The van der Waals surface area contributed by atoms with Crippen molar-refractivity contribution in [2.24, 2.45) is 11.3 Å². The molecule has 3 amide bonds. The number of thioether (sulfide) groups is 1. The first-order valence-electron chi connectivity index (χ1n) is 18.8. The van der Waals surface area contributed by atoms with Crippen LogP contribution in [-0.4, -0.2) is 30.3 Å². The molecule has 3 N–H and O–H groups in total. The van der Waals surface area contributed by atoms with Crippen LogP contribution in [0.4, 0.5) is 10.7 Å². The predicted octanol–water partition coefficient (Wildman–Crippen LogP) is 10.3. The van der Waals surface area contributed by atoms with Crippen LogP contribution in [0, 0.1) is 18.3 Å². The Morgan fingerprint density at radius 1 is 0.893 bits per heavy atom. The van der Waals surface area contributed by atoms with Crippen LogP contribution in [0.25, 0.3) is 6.08 Å². The zero-order chi connectivity index (χ0) is 39.8. The smallest absolute Gasteiger partial charge is 0.341 e. The number of ether oxygens (including phenoxy) is 1. The molecule has 0 bridgehead atoms. The van der Waals surface area contributed by atoms with E-state index in [1.54, 1.807) is 49.4 Å². The van der Waals surface area contributed by atoms with Crippen LogP contribution in [0.5, 0.6) is 0 Å². The summed E-state index contributed by atoms with van der Waals surface area (Å²) >= 11 is 2.81. The SMILES string of the molecule is CCOC(=O)c1c(NC(=O)C(Sc2cccc(NC(=O)/C(=C\c3cccc(C)c3)NC(=O)c3ccccc3)c2)c2ccccc2)sc2c1CCC(C(C)(C)C)C2. The van der Waals surface area contributed by atoms with E-state index in [2.05, 4.69) is 36.7 Å². The molecule has 1 heterocycles.